The summed E-state index contributed by atoms with van der Waals surface area (Å²) >= 11 is 0. The maximum absolute atomic E-state index is 13.0. The van der Waals surface area contributed by atoms with Crippen LogP contribution in [0.3, 0.4) is 0 Å². The summed E-state index contributed by atoms with van der Waals surface area (Å²) in [7, 11) is -3.37. The predicted molar refractivity (Wildman–Crippen MR) is 86.9 cm³/mol. The zero-order chi connectivity index (χ0) is 16.3. The van der Waals surface area contributed by atoms with E-state index in [9.17, 15) is 13.2 Å². The van der Waals surface area contributed by atoms with Crippen LogP contribution in [0.1, 0.15) is 53.4 Å². The second-order valence-electron chi connectivity index (χ2n) is 8.69. The Labute approximate surface area is 134 Å². The molecule has 1 aliphatic heterocycles. The lowest BCUT2D eigenvalue weighted by Gasteiger charge is -2.40. The number of hydrogen-bond donors (Lipinski definition) is 0. The van der Waals surface area contributed by atoms with E-state index in [1.807, 2.05) is 0 Å². The molecule has 0 aromatic carbocycles. The molecular weight excluding hydrogens is 298 g/mol. The number of carbonyl (C=O) groups is 1. The Hall–Kier alpha value is -0.420. The molecule has 0 aromatic heterocycles. The van der Waals surface area contributed by atoms with Crippen LogP contribution in [0.2, 0.25) is 0 Å². The van der Waals surface area contributed by atoms with Crippen molar-refractivity contribution in [2.45, 2.75) is 53.4 Å². The van der Waals surface area contributed by atoms with Crippen LogP contribution in [0.15, 0.2) is 0 Å². The summed E-state index contributed by atoms with van der Waals surface area (Å²) in [6.07, 6.45) is 3.42. The molecule has 4 atom stereocenters. The lowest BCUT2D eigenvalue weighted by molar-refractivity contribution is -0.128. The lowest BCUT2D eigenvalue weighted by Crippen LogP contribution is -2.50. The molecule has 1 heterocycles. The van der Waals surface area contributed by atoms with Gasteiger partial charge in [-0.3, -0.25) is 4.79 Å². The second-order valence-corrected chi connectivity index (χ2v) is 10.7. The number of Topliss-reactive ketones (excluding diaryl/α,β-unsaturated/α-hetero) is 1. The van der Waals surface area contributed by atoms with E-state index in [0.29, 0.717) is 37.3 Å². The summed E-state index contributed by atoms with van der Waals surface area (Å²) < 4.78 is 27.7. The first-order valence-electron chi connectivity index (χ1n) is 8.59. The third-order valence-corrected chi connectivity index (χ3v) is 8.74. The molecule has 2 aliphatic carbocycles. The fourth-order valence-electron chi connectivity index (χ4n) is 5.34. The van der Waals surface area contributed by atoms with Crippen molar-refractivity contribution < 1.29 is 13.2 Å². The topological polar surface area (TPSA) is 54.5 Å². The number of nitrogens with zero attached hydrogens (tertiary/aromatic N) is 1. The molecule has 0 aromatic rings. The Morgan fingerprint density at radius 1 is 1.18 bits per heavy atom. The molecule has 22 heavy (non-hydrogen) atoms. The largest absolute Gasteiger partial charge is 0.299 e. The average molecular weight is 327 g/mol. The maximum atomic E-state index is 13.0. The molecule has 2 bridgehead atoms. The van der Waals surface area contributed by atoms with Gasteiger partial charge in [-0.2, -0.15) is 0 Å². The Morgan fingerprint density at radius 3 is 2.23 bits per heavy atom. The highest BCUT2D eigenvalue weighted by atomic mass is 32.2. The van der Waals surface area contributed by atoms with Crippen LogP contribution < -0.4 is 0 Å². The number of sulfonamides is 1. The number of hydrogen-bond acceptors (Lipinski definition) is 3. The van der Waals surface area contributed by atoms with Crippen molar-refractivity contribution in [3.63, 3.8) is 0 Å². The molecule has 126 valence electrons. The van der Waals surface area contributed by atoms with Gasteiger partial charge in [0.05, 0.1) is 5.75 Å². The fraction of sp³-hybridized carbons (Fsp3) is 0.941. The molecular formula is C17H29NO3S. The normalized spacial score (nSPS) is 42.0. The second kappa shape index (κ2) is 5.04. The number of fused-ring (bicyclic) bond motifs is 2. The third kappa shape index (κ3) is 2.27. The summed E-state index contributed by atoms with van der Waals surface area (Å²) in [6.45, 7) is 9.67. The van der Waals surface area contributed by atoms with Crippen molar-refractivity contribution in [1.82, 2.24) is 4.31 Å². The van der Waals surface area contributed by atoms with Gasteiger partial charge in [-0.1, -0.05) is 27.7 Å². The minimum atomic E-state index is -3.37. The highest BCUT2D eigenvalue weighted by molar-refractivity contribution is 7.89. The summed E-state index contributed by atoms with van der Waals surface area (Å²) in [5, 5.41) is 0. The van der Waals surface area contributed by atoms with E-state index < -0.39 is 15.4 Å². The Morgan fingerprint density at radius 2 is 1.77 bits per heavy atom. The fourth-order valence-corrected chi connectivity index (χ4v) is 7.79. The van der Waals surface area contributed by atoms with Crippen molar-refractivity contribution in [3.8, 4) is 0 Å². The van der Waals surface area contributed by atoms with E-state index in [-0.39, 0.29) is 17.0 Å². The Kier molecular flexibility index (Phi) is 3.76. The van der Waals surface area contributed by atoms with E-state index in [4.69, 9.17) is 0 Å². The summed E-state index contributed by atoms with van der Waals surface area (Å²) in [5.74, 6) is 1.39. The molecule has 0 spiro atoms. The third-order valence-electron chi connectivity index (χ3n) is 6.80. The van der Waals surface area contributed by atoms with E-state index in [2.05, 4.69) is 27.7 Å². The van der Waals surface area contributed by atoms with Crippen LogP contribution >= 0.6 is 0 Å². The molecule has 3 rings (SSSR count). The summed E-state index contributed by atoms with van der Waals surface area (Å²) in [5.41, 5.74) is -0.815. The molecule has 3 fully saturated rings. The zero-order valence-corrected chi connectivity index (χ0v) is 15.1. The monoisotopic (exact) mass is 327 g/mol. The van der Waals surface area contributed by atoms with Gasteiger partial charge in [0, 0.05) is 24.9 Å². The Bertz CT molecular complexity index is 573. The first kappa shape index (κ1) is 16.4. The van der Waals surface area contributed by atoms with Gasteiger partial charge >= 0.3 is 0 Å². The minimum absolute atomic E-state index is 0.0295. The van der Waals surface area contributed by atoms with Gasteiger partial charge in [0.2, 0.25) is 10.0 Å². The highest BCUT2D eigenvalue weighted by Crippen LogP contribution is 2.64. The van der Waals surface area contributed by atoms with E-state index in [1.54, 1.807) is 4.31 Å². The quantitative estimate of drug-likeness (QED) is 0.801. The van der Waals surface area contributed by atoms with Gasteiger partial charge in [-0.25, -0.2) is 12.7 Å². The zero-order valence-electron chi connectivity index (χ0n) is 14.3. The van der Waals surface area contributed by atoms with E-state index in [1.165, 1.54) is 0 Å². The molecule has 0 N–H and O–H groups in total. The molecule has 0 unspecified atom stereocenters. The summed E-state index contributed by atoms with van der Waals surface area (Å²) in [4.78, 5) is 12.6. The molecule has 2 saturated carbocycles. The molecule has 0 amide bonds. The first-order valence-corrected chi connectivity index (χ1v) is 10.2. The van der Waals surface area contributed by atoms with Gasteiger partial charge in [0.15, 0.2) is 0 Å². The van der Waals surface area contributed by atoms with Crippen molar-refractivity contribution in [3.05, 3.63) is 0 Å². The number of ketones is 1. The highest BCUT2D eigenvalue weighted by Gasteiger charge is 2.65. The van der Waals surface area contributed by atoms with Crippen LogP contribution in [-0.4, -0.2) is 37.3 Å². The van der Waals surface area contributed by atoms with Crippen molar-refractivity contribution >= 4 is 15.8 Å². The van der Waals surface area contributed by atoms with Crippen molar-refractivity contribution in [2.75, 3.05) is 18.8 Å². The lowest BCUT2D eigenvalue weighted by atomic mass is 9.70. The molecule has 3 aliphatic rings. The summed E-state index contributed by atoms with van der Waals surface area (Å²) in [6, 6.07) is 0. The van der Waals surface area contributed by atoms with Gasteiger partial charge < -0.3 is 0 Å². The van der Waals surface area contributed by atoms with E-state index in [0.717, 1.165) is 19.3 Å². The van der Waals surface area contributed by atoms with Gasteiger partial charge in [0.1, 0.15) is 5.78 Å². The van der Waals surface area contributed by atoms with Crippen LogP contribution in [0, 0.1) is 28.6 Å². The molecule has 0 radical (unpaired) electrons. The SMILES string of the molecule is C[C@H]1C[C@H](C)CN(S(=O)(=O)C[C@]23CC[C@@H](CC2=O)C3(C)C)C1. The van der Waals surface area contributed by atoms with Crippen LogP contribution in [0.25, 0.3) is 0 Å². The van der Waals surface area contributed by atoms with Crippen molar-refractivity contribution in [2.24, 2.45) is 28.6 Å². The number of rotatable bonds is 3. The van der Waals surface area contributed by atoms with Crippen LogP contribution in [-0.2, 0) is 14.8 Å². The standard InChI is InChI=1S/C17H29NO3S/c1-12-7-13(2)10-18(9-12)22(20,21)11-17-6-5-14(8-15(17)19)16(17,3)4/h12-14H,5-11H2,1-4H3/t12-,13-,14-,17+/m0/s1. The number of piperidine rings is 1. The smallest absolute Gasteiger partial charge is 0.215 e. The predicted octanol–water partition coefficient (Wildman–Crippen LogP) is 2.69. The van der Waals surface area contributed by atoms with Crippen molar-refractivity contribution in [1.29, 1.82) is 0 Å². The molecule has 1 saturated heterocycles. The average Bonchev–Trinajstić information content (AvgIpc) is 2.71. The minimum Gasteiger partial charge on any atom is -0.299 e. The van der Waals surface area contributed by atoms with Gasteiger partial charge in [-0.15, -0.1) is 0 Å². The molecule has 4 nitrogen and oxygen atoms in total. The maximum Gasteiger partial charge on any atom is 0.215 e. The first-order chi connectivity index (χ1) is 10.1. The van der Waals surface area contributed by atoms with Gasteiger partial charge in [-0.05, 0) is 42.4 Å². The van der Waals surface area contributed by atoms with Crippen LogP contribution in [0.5, 0.6) is 0 Å². The van der Waals surface area contributed by atoms with Crippen LogP contribution in [0.4, 0.5) is 0 Å². The van der Waals surface area contributed by atoms with E-state index >= 15 is 0 Å². The molecule has 5 heteroatoms. The van der Waals surface area contributed by atoms with Gasteiger partial charge in [0.25, 0.3) is 0 Å². The Balaban J connectivity index is 1.87. The number of carbonyl (C=O) groups excluding carboxylic acids is 1.